The zero-order valence-corrected chi connectivity index (χ0v) is 15.3. The van der Waals surface area contributed by atoms with Gasteiger partial charge in [0.1, 0.15) is 0 Å². The predicted molar refractivity (Wildman–Crippen MR) is 99.6 cm³/mol. The summed E-state index contributed by atoms with van der Waals surface area (Å²) in [7, 11) is 0. The van der Waals surface area contributed by atoms with Gasteiger partial charge in [-0.3, -0.25) is 4.79 Å². The number of amides is 1. The van der Waals surface area contributed by atoms with Gasteiger partial charge >= 0.3 is 0 Å². The van der Waals surface area contributed by atoms with E-state index in [1.165, 1.54) is 18.4 Å². The Hall–Kier alpha value is -0.710. The van der Waals surface area contributed by atoms with Crippen LogP contribution in [0.3, 0.4) is 0 Å². The third-order valence-corrected chi connectivity index (χ3v) is 4.60. The number of halogens is 1. The molecule has 5 heteroatoms. The molecule has 0 saturated carbocycles. The zero-order chi connectivity index (χ0) is 15.5. The summed E-state index contributed by atoms with van der Waals surface area (Å²) >= 11 is 1.76. The third kappa shape index (κ3) is 8.06. The standard InChI is InChI=1S/C17H28N2OS.ClH/c1-3-4-13-21-15(2)17(20)19(12-8-11-18)14-16-9-6-5-7-10-16;/h5-7,9-10,15H,3-4,8,11-14,18H2,1-2H3;1H. The number of carbonyl (C=O) groups excluding carboxylic acids is 1. The quantitative estimate of drug-likeness (QED) is 0.658. The van der Waals surface area contributed by atoms with Crippen LogP contribution in [0.15, 0.2) is 30.3 Å². The summed E-state index contributed by atoms with van der Waals surface area (Å²) < 4.78 is 0. The molecule has 1 atom stereocenters. The average molecular weight is 345 g/mol. The van der Waals surface area contributed by atoms with Crippen molar-refractivity contribution >= 4 is 30.1 Å². The molecule has 1 aromatic rings. The van der Waals surface area contributed by atoms with Gasteiger partial charge in [-0.1, -0.05) is 43.7 Å². The molecule has 1 aromatic carbocycles. The monoisotopic (exact) mass is 344 g/mol. The average Bonchev–Trinajstić information content (AvgIpc) is 2.51. The van der Waals surface area contributed by atoms with Crippen molar-refractivity contribution < 1.29 is 4.79 Å². The summed E-state index contributed by atoms with van der Waals surface area (Å²) in [6, 6.07) is 10.2. The molecule has 0 spiro atoms. The summed E-state index contributed by atoms with van der Waals surface area (Å²) in [5, 5.41) is 0.0260. The fraction of sp³-hybridized carbons (Fsp3) is 0.588. The highest BCUT2D eigenvalue weighted by Gasteiger charge is 2.20. The van der Waals surface area contributed by atoms with Crippen LogP contribution in [0.5, 0.6) is 0 Å². The highest BCUT2D eigenvalue weighted by Crippen LogP contribution is 2.17. The van der Waals surface area contributed by atoms with Crippen LogP contribution in [0.1, 0.15) is 38.7 Å². The first-order valence-corrected chi connectivity index (χ1v) is 8.88. The topological polar surface area (TPSA) is 46.3 Å². The summed E-state index contributed by atoms with van der Waals surface area (Å²) in [4.78, 5) is 14.6. The van der Waals surface area contributed by atoms with Crippen LogP contribution < -0.4 is 5.73 Å². The van der Waals surface area contributed by atoms with E-state index in [1.807, 2.05) is 30.0 Å². The molecular weight excluding hydrogens is 316 g/mol. The van der Waals surface area contributed by atoms with E-state index in [9.17, 15) is 4.79 Å². The van der Waals surface area contributed by atoms with Gasteiger partial charge in [-0.15, -0.1) is 24.2 Å². The minimum absolute atomic E-state index is 0. The molecular formula is C17H29ClN2OS. The lowest BCUT2D eigenvalue weighted by molar-refractivity contribution is -0.131. The SMILES string of the molecule is CCCCSC(C)C(=O)N(CCCN)Cc1ccccc1.Cl. The molecule has 1 rings (SSSR count). The highest BCUT2D eigenvalue weighted by atomic mass is 35.5. The highest BCUT2D eigenvalue weighted by molar-refractivity contribution is 8.00. The van der Waals surface area contributed by atoms with E-state index in [1.54, 1.807) is 11.8 Å². The van der Waals surface area contributed by atoms with Crippen LogP contribution in [-0.2, 0) is 11.3 Å². The van der Waals surface area contributed by atoms with E-state index < -0.39 is 0 Å². The van der Waals surface area contributed by atoms with Gasteiger partial charge in [-0.2, -0.15) is 0 Å². The second kappa shape index (κ2) is 12.8. The lowest BCUT2D eigenvalue weighted by Crippen LogP contribution is -2.37. The molecule has 0 aliphatic carbocycles. The maximum absolute atomic E-state index is 12.6. The number of hydrogen-bond acceptors (Lipinski definition) is 3. The molecule has 0 aliphatic heterocycles. The van der Waals surface area contributed by atoms with Gasteiger partial charge in [-0.25, -0.2) is 0 Å². The van der Waals surface area contributed by atoms with Crippen molar-refractivity contribution in [3.05, 3.63) is 35.9 Å². The Labute approximate surface area is 145 Å². The Morgan fingerprint density at radius 3 is 2.55 bits per heavy atom. The van der Waals surface area contributed by atoms with Gasteiger partial charge in [0.25, 0.3) is 0 Å². The second-order valence-electron chi connectivity index (χ2n) is 5.25. The molecule has 0 aromatic heterocycles. The van der Waals surface area contributed by atoms with E-state index in [0.717, 1.165) is 18.7 Å². The van der Waals surface area contributed by atoms with Crippen LogP contribution >= 0.6 is 24.2 Å². The minimum atomic E-state index is 0. The molecule has 1 unspecified atom stereocenters. The van der Waals surface area contributed by atoms with Crippen molar-refractivity contribution in [2.24, 2.45) is 5.73 Å². The molecule has 22 heavy (non-hydrogen) atoms. The first kappa shape index (κ1) is 21.3. The van der Waals surface area contributed by atoms with E-state index in [2.05, 4.69) is 19.1 Å². The van der Waals surface area contributed by atoms with Crippen LogP contribution in [0.25, 0.3) is 0 Å². The molecule has 3 nitrogen and oxygen atoms in total. The predicted octanol–water partition coefficient (Wildman–Crippen LogP) is 3.71. The molecule has 126 valence electrons. The minimum Gasteiger partial charge on any atom is -0.337 e. The number of thioether (sulfide) groups is 1. The number of unbranched alkanes of at least 4 members (excludes halogenated alkanes) is 1. The summed E-state index contributed by atoms with van der Waals surface area (Å²) in [5.74, 6) is 1.29. The van der Waals surface area contributed by atoms with Gasteiger partial charge in [-0.05, 0) is 37.6 Å². The van der Waals surface area contributed by atoms with Gasteiger partial charge < -0.3 is 10.6 Å². The number of nitrogens with zero attached hydrogens (tertiary/aromatic N) is 1. The normalized spacial score (nSPS) is 11.6. The summed E-state index contributed by atoms with van der Waals surface area (Å²) in [6.07, 6.45) is 3.20. The Kier molecular flexibility index (Phi) is 12.4. The molecule has 0 radical (unpaired) electrons. The fourth-order valence-corrected chi connectivity index (χ4v) is 3.19. The molecule has 0 bridgehead atoms. The first-order valence-electron chi connectivity index (χ1n) is 7.83. The molecule has 2 N–H and O–H groups in total. The lowest BCUT2D eigenvalue weighted by Gasteiger charge is -2.25. The number of hydrogen-bond donors (Lipinski definition) is 1. The maximum atomic E-state index is 12.6. The zero-order valence-electron chi connectivity index (χ0n) is 13.7. The smallest absolute Gasteiger partial charge is 0.235 e. The first-order chi connectivity index (χ1) is 10.2. The summed E-state index contributed by atoms with van der Waals surface area (Å²) in [5.41, 5.74) is 6.78. The number of nitrogens with two attached hydrogens (primary N) is 1. The van der Waals surface area contributed by atoms with Gasteiger partial charge in [0.15, 0.2) is 0 Å². The van der Waals surface area contributed by atoms with Crippen LogP contribution in [0.2, 0.25) is 0 Å². The van der Waals surface area contributed by atoms with Crippen molar-refractivity contribution in [1.82, 2.24) is 4.90 Å². The molecule has 0 aliphatic rings. The van der Waals surface area contributed by atoms with Gasteiger partial charge in [0, 0.05) is 13.1 Å². The van der Waals surface area contributed by atoms with Gasteiger partial charge in [0.2, 0.25) is 5.91 Å². The van der Waals surface area contributed by atoms with Crippen LogP contribution in [0.4, 0.5) is 0 Å². The molecule has 0 heterocycles. The van der Waals surface area contributed by atoms with Crippen molar-refractivity contribution in [2.75, 3.05) is 18.8 Å². The fourth-order valence-electron chi connectivity index (χ4n) is 2.09. The van der Waals surface area contributed by atoms with Crippen molar-refractivity contribution in [1.29, 1.82) is 0 Å². The summed E-state index contributed by atoms with van der Waals surface area (Å²) in [6.45, 7) is 6.23. The maximum Gasteiger partial charge on any atom is 0.235 e. The lowest BCUT2D eigenvalue weighted by atomic mass is 10.2. The largest absolute Gasteiger partial charge is 0.337 e. The van der Waals surface area contributed by atoms with Crippen LogP contribution in [0, 0.1) is 0 Å². The Balaban J connectivity index is 0.00000441. The Morgan fingerprint density at radius 1 is 1.27 bits per heavy atom. The molecule has 0 saturated heterocycles. The van der Waals surface area contributed by atoms with Crippen LogP contribution in [-0.4, -0.2) is 34.9 Å². The molecule has 0 fully saturated rings. The van der Waals surface area contributed by atoms with Crippen molar-refractivity contribution in [3.8, 4) is 0 Å². The van der Waals surface area contributed by atoms with E-state index in [4.69, 9.17) is 5.73 Å². The van der Waals surface area contributed by atoms with E-state index in [-0.39, 0.29) is 23.6 Å². The van der Waals surface area contributed by atoms with Gasteiger partial charge in [0.05, 0.1) is 5.25 Å². The Morgan fingerprint density at radius 2 is 1.95 bits per heavy atom. The molecule has 1 amide bonds. The second-order valence-corrected chi connectivity index (χ2v) is 6.70. The number of carbonyl (C=O) groups is 1. The number of rotatable bonds is 10. The van der Waals surface area contributed by atoms with E-state index in [0.29, 0.717) is 13.1 Å². The van der Waals surface area contributed by atoms with Crippen molar-refractivity contribution in [2.45, 2.75) is 44.9 Å². The number of benzene rings is 1. The van der Waals surface area contributed by atoms with Crippen molar-refractivity contribution in [3.63, 3.8) is 0 Å². The third-order valence-electron chi connectivity index (χ3n) is 3.37. The van der Waals surface area contributed by atoms with E-state index >= 15 is 0 Å². The Bertz CT molecular complexity index is 403.